The lowest BCUT2D eigenvalue weighted by molar-refractivity contribution is 0.0926. The van der Waals surface area contributed by atoms with E-state index in [4.69, 9.17) is 9.47 Å². The van der Waals surface area contributed by atoms with Crippen LogP contribution in [0.4, 0.5) is 4.39 Å². The Labute approximate surface area is 187 Å². The zero-order valence-electron chi connectivity index (χ0n) is 18.3. The van der Waals surface area contributed by atoms with Gasteiger partial charge in [0.15, 0.2) is 11.5 Å². The summed E-state index contributed by atoms with van der Waals surface area (Å²) in [4.78, 5) is 15.0. The van der Waals surface area contributed by atoms with Gasteiger partial charge >= 0.3 is 0 Å². The van der Waals surface area contributed by atoms with Gasteiger partial charge in [-0.15, -0.1) is 0 Å². The summed E-state index contributed by atoms with van der Waals surface area (Å²) in [6, 6.07) is 19.7. The van der Waals surface area contributed by atoms with Crippen molar-refractivity contribution < 1.29 is 18.7 Å². The lowest BCUT2D eigenvalue weighted by Crippen LogP contribution is -2.41. The van der Waals surface area contributed by atoms with Crippen LogP contribution in [0.25, 0.3) is 0 Å². The minimum atomic E-state index is -0.250. The predicted molar refractivity (Wildman–Crippen MR) is 122 cm³/mol. The molecule has 0 aliphatic carbocycles. The molecule has 0 unspecified atom stereocenters. The number of rotatable bonds is 7. The molecule has 1 aliphatic rings. The molecule has 32 heavy (non-hydrogen) atoms. The van der Waals surface area contributed by atoms with Crippen LogP contribution in [0.3, 0.4) is 0 Å². The third-order valence-corrected chi connectivity index (χ3v) is 5.88. The molecule has 1 atom stereocenters. The van der Waals surface area contributed by atoms with Gasteiger partial charge in [0.1, 0.15) is 5.82 Å². The minimum absolute atomic E-state index is 0.0884. The second-order valence-corrected chi connectivity index (χ2v) is 7.85. The quantitative estimate of drug-likeness (QED) is 0.600. The van der Waals surface area contributed by atoms with Crippen molar-refractivity contribution in [3.8, 4) is 11.5 Å². The van der Waals surface area contributed by atoms with Crippen LogP contribution in [0.5, 0.6) is 11.5 Å². The van der Waals surface area contributed by atoms with Crippen LogP contribution in [-0.4, -0.2) is 38.1 Å². The van der Waals surface area contributed by atoms with Gasteiger partial charge in [-0.3, -0.25) is 9.69 Å². The number of hydrogen-bond donors (Lipinski definition) is 1. The lowest BCUT2D eigenvalue weighted by atomic mass is 9.91. The minimum Gasteiger partial charge on any atom is -0.493 e. The molecule has 0 spiro atoms. The van der Waals surface area contributed by atoms with Crippen molar-refractivity contribution in [3.05, 3.63) is 94.8 Å². The monoisotopic (exact) mass is 434 g/mol. The normalized spacial score (nSPS) is 15.7. The number of hydrogen-bond acceptors (Lipinski definition) is 4. The summed E-state index contributed by atoms with van der Waals surface area (Å²) in [7, 11) is 3.24. The third kappa shape index (κ3) is 4.75. The Balaban J connectivity index is 1.63. The highest BCUT2D eigenvalue weighted by atomic mass is 19.1. The molecule has 5 nitrogen and oxygen atoms in total. The average Bonchev–Trinajstić information content (AvgIpc) is 2.82. The molecule has 4 rings (SSSR count). The Morgan fingerprint density at radius 3 is 2.50 bits per heavy atom. The van der Waals surface area contributed by atoms with Gasteiger partial charge < -0.3 is 14.8 Å². The smallest absolute Gasteiger partial charge is 0.251 e. The highest BCUT2D eigenvalue weighted by Crippen LogP contribution is 2.38. The van der Waals surface area contributed by atoms with E-state index in [1.54, 1.807) is 38.5 Å². The van der Waals surface area contributed by atoms with Gasteiger partial charge in [-0.25, -0.2) is 4.39 Å². The Kier molecular flexibility index (Phi) is 6.71. The number of nitrogens with zero attached hydrogens (tertiary/aromatic N) is 1. The van der Waals surface area contributed by atoms with Gasteiger partial charge in [0.25, 0.3) is 5.91 Å². The van der Waals surface area contributed by atoms with Crippen LogP contribution >= 0.6 is 0 Å². The van der Waals surface area contributed by atoms with Crippen molar-refractivity contribution in [2.24, 2.45) is 0 Å². The van der Waals surface area contributed by atoms with E-state index < -0.39 is 0 Å². The van der Waals surface area contributed by atoms with E-state index in [1.165, 1.54) is 6.07 Å². The van der Waals surface area contributed by atoms with Crippen LogP contribution < -0.4 is 14.8 Å². The topological polar surface area (TPSA) is 50.8 Å². The summed E-state index contributed by atoms with van der Waals surface area (Å²) in [6.45, 7) is 1.79. The van der Waals surface area contributed by atoms with Crippen LogP contribution in [0.1, 0.15) is 33.1 Å². The summed E-state index contributed by atoms with van der Waals surface area (Å²) in [6.07, 6.45) is 0.828. The van der Waals surface area contributed by atoms with Gasteiger partial charge in [-0.2, -0.15) is 0 Å². The molecular weight excluding hydrogens is 407 g/mol. The van der Waals surface area contributed by atoms with Gasteiger partial charge in [0, 0.05) is 25.2 Å². The van der Waals surface area contributed by atoms with E-state index >= 15 is 0 Å². The maximum atomic E-state index is 13.8. The van der Waals surface area contributed by atoms with Crippen LogP contribution in [0.15, 0.2) is 66.7 Å². The van der Waals surface area contributed by atoms with E-state index in [-0.39, 0.29) is 17.8 Å². The van der Waals surface area contributed by atoms with Crippen molar-refractivity contribution >= 4 is 5.91 Å². The number of benzene rings is 3. The average molecular weight is 435 g/mol. The fourth-order valence-corrected chi connectivity index (χ4v) is 4.26. The third-order valence-electron chi connectivity index (χ3n) is 5.88. The Morgan fingerprint density at radius 1 is 1.03 bits per heavy atom. The number of amides is 1. The summed E-state index contributed by atoms with van der Waals surface area (Å²) in [5.41, 5.74) is 3.76. The Bertz CT molecular complexity index is 1090. The van der Waals surface area contributed by atoms with E-state index in [2.05, 4.69) is 10.2 Å². The van der Waals surface area contributed by atoms with E-state index in [1.807, 2.05) is 36.4 Å². The molecule has 0 saturated heterocycles. The number of ether oxygens (including phenoxy) is 2. The van der Waals surface area contributed by atoms with E-state index in [9.17, 15) is 9.18 Å². The molecule has 0 aromatic heterocycles. The van der Waals surface area contributed by atoms with Crippen LogP contribution in [0.2, 0.25) is 0 Å². The molecule has 1 aliphatic heterocycles. The maximum Gasteiger partial charge on any atom is 0.251 e. The Morgan fingerprint density at radius 2 is 1.78 bits per heavy atom. The van der Waals surface area contributed by atoms with Gasteiger partial charge in [-0.05, 0) is 59.5 Å². The van der Waals surface area contributed by atoms with Gasteiger partial charge in [-0.1, -0.05) is 30.3 Å². The summed E-state index contributed by atoms with van der Waals surface area (Å²) < 4.78 is 24.8. The van der Waals surface area contributed by atoms with Crippen LogP contribution in [0, 0.1) is 5.82 Å². The second-order valence-electron chi connectivity index (χ2n) is 7.85. The first-order valence-corrected chi connectivity index (χ1v) is 10.7. The molecule has 3 aromatic rings. The van der Waals surface area contributed by atoms with E-state index in [0.29, 0.717) is 30.2 Å². The molecular formula is C26H27FN2O3. The Hall–Kier alpha value is -3.38. The molecule has 1 N–H and O–H groups in total. The molecule has 0 radical (unpaired) electrons. The first-order chi connectivity index (χ1) is 15.6. The molecule has 1 amide bonds. The zero-order valence-corrected chi connectivity index (χ0v) is 18.3. The molecule has 166 valence electrons. The molecule has 3 aromatic carbocycles. The lowest BCUT2D eigenvalue weighted by Gasteiger charge is -2.38. The van der Waals surface area contributed by atoms with Crippen molar-refractivity contribution in [1.82, 2.24) is 10.2 Å². The van der Waals surface area contributed by atoms with Crippen molar-refractivity contribution in [1.29, 1.82) is 0 Å². The summed E-state index contributed by atoms with van der Waals surface area (Å²) in [5.74, 6) is 0.972. The van der Waals surface area contributed by atoms with Crippen molar-refractivity contribution in [2.75, 3.05) is 27.3 Å². The van der Waals surface area contributed by atoms with Crippen molar-refractivity contribution in [2.45, 2.75) is 19.0 Å². The fourth-order valence-electron chi connectivity index (χ4n) is 4.26. The molecule has 0 saturated carbocycles. The van der Waals surface area contributed by atoms with Gasteiger partial charge in [0.2, 0.25) is 0 Å². The highest BCUT2D eigenvalue weighted by Gasteiger charge is 2.29. The van der Waals surface area contributed by atoms with Crippen molar-refractivity contribution in [3.63, 3.8) is 0 Å². The standard InChI is InChI=1S/C26H27FN2O3/c1-31-24-14-20-11-12-29(17-18-7-6-10-21(27)13-18)23(22(20)15-25(24)32-2)16-28-26(30)19-8-4-3-5-9-19/h3-10,13-15,23H,11-12,16-17H2,1-2H3,(H,28,30)/t23-/m0/s1. The number of carbonyl (C=O) groups excluding carboxylic acids is 1. The van der Waals surface area contributed by atoms with E-state index in [0.717, 1.165) is 29.7 Å². The zero-order chi connectivity index (χ0) is 22.5. The first-order valence-electron chi connectivity index (χ1n) is 10.7. The number of methoxy groups -OCH3 is 2. The maximum absolute atomic E-state index is 13.8. The largest absolute Gasteiger partial charge is 0.493 e. The van der Waals surface area contributed by atoms with Gasteiger partial charge in [0.05, 0.1) is 20.3 Å². The second kappa shape index (κ2) is 9.83. The summed E-state index contributed by atoms with van der Waals surface area (Å²) >= 11 is 0. The SMILES string of the molecule is COc1cc2c(cc1OC)[C@H](CNC(=O)c1ccccc1)N(Cc1cccc(F)c1)CC2. The molecule has 1 heterocycles. The molecule has 6 heteroatoms. The number of fused-ring (bicyclic) bond motifs is 1. The number of carbonyl (C=O) groups is 1. The molecule has 0 fully saturated rings. The first kappa shape index (κ1) is 21.8. The highest BCUT2D eigenvalue weighted by molar-refractivity contribution is 5.94. The summed E-state index contributed by atoms with van der Waals surface area (Å²) in [5, 5.41) is 3.08. The number of nitrogens with one attached hydrogen (secondary N) is 1. The molecule has 0 bridgehead atoms. The predicted octanol–water partition coefficient (Wildman–Crippen LogP) is 4.37. The number of halogens is 1. The fraction of sp³-hybridized carbons (Fsp3) is 0.269. The van der Waals surface area contributed by atoms with Crippen LogP contribution in [-0.2, 0) is 13.0 Å².